The van der Waals surface area contributed by atoms with E-state index in [1.54, 1.807) is 17.5 Å². The molecule has 2 heterocycles. The van der Waals surface area contributed by atoms with E-state index in [9.17, 15) is 4.79 Å². The number of nitrogens with zero attached hydrogens (tertiary/aromatic N) is 3. The summed E-state index contributed by atoms with van der Waals surface area (Å²) in [6.45, 7) is 3.68. The van der Waals surface area contributed by atoms with Crippen molar-refractivity contribution in [2.24, 2.45) is 0 Å². The van der Waals surface area contributed by atoms with E-state index >= 15 is 0 Å². The first-order valence-corrected chi connectivity index (χ1v) is 5.61. The fourth-order valence-corrected chi connectivity index (χ4v) is 2.20. The van der Waals surface area contributed by atoms with Crippen molar-refractivity contribution in [2.75, 3.05) is 0 Å². The Hall–Kier alpha value is -1.43. The van der Waals surface area contributed by atoms with Crippen LogP contribution in [-0.4, -0.2) is 25.4 Å². The van der Waals surface area contributed by atoms with Gasteiger partial charge in [-0.25, -0.2) is 14.8 Å². The van der Waals surface area contributed by atoms with Crippen molar-refractivity contribution in [3.63, 3.8) is 0 Å². The SMILES string of the molecule is CCc1nc2c(Br)nc(C)cn2c1C(=O)O. The molecule has 16 heavy (non-hydrogen) atoms. The number of halogens is 1. The largest absolute Gasteiger partial charge is 0.477 e. The third-order valence-corrected chi connectivity index (χ3v) is 2.83. The van der Waals surface area contributed by atoms with Crippen LogP contribution in [0.4, 0.5) is 0 Å². The van der Waals surface area contributed by atoms with Crippen LogP contribution >= 0.6 is 15.9 Å². The summed E-state index contributed by atoms with van der Waals surface area (Å²) >= 11 is 3.29. The van der Waals surface area contributed by atoms with Gasteiger partial charge in [0.15, 0.2) is 11.3 Å². The van der Waals surface area contributed by atoms with Gasteiger partial charge in [0, 0.05) is 6.20 Å². The van der Waals surface area contributed by atoms with Crippen molar-refractivity contribution in [1.29, 1.82) is 0 Å². The van der Waals surface area contributed by atoms with Gasteiger partial charge < -0.3 is 5.11 Å². The molecule has 0 aliphatic rings. The summed E-state index contributed by atoms with van der Waals surface area (Å²) in [5.74, 6) is -0.971. The van der Waals surface area contributed by atoms with E-state index in [-0.39, 0.29) is 5.69 Å². The zero-order chi connectivity index (χ0) is 11.9. The third-order valence-electron chi connectivity index (χ3n) is 2.30. The molecule has 0 fully saturated rings. The second kappa shape index (κ2) is 3.86. The number of fused-ring (bicyclic) bond motifs is 1. The maximum atomic E-state index is 11.2. The van der Waals surface area contributed by atoms with Gasteiger partial charge in [-0.05, 0) is 29.3 Å². The van der Waals surface area contributed by atoms with Gasteiger partial charge in [0.1, 0.15) is 4.60 Å². The number of aromatic nitrogens is 3. The number of aryl methyl sites for hydroxylation is 2. The Balaban J connectivity index is 2.89. The number of carbonyl (C=O) groups is 1. The molecule has 0 saturated heterocycles. The van der Waals surface area contributed by atoms with Gasteiger partial charge in [-0.1, -0.05) is 6.92 Å². The average Bonchev–Trinajstić information content (AvgIpc) is 2.56. The van der Waals surface area contributed by atoms with E-state index in [2.05, 4.69) is 25.9 Å². The van der Waals surface area contributed by atoms with Crippen LogP contribution in [-0.2, 0) is 6.42 Å². The highest BCUT2D eigenvalue weighted by Gasteiger charge is 2.19. The zero-order valence-corrected chi connectivity index (χ0v) is 10.4. The minimum atomic E-state index is -0.971. The van der Waals surface area contributed by atoms with Gasteiger partial charge >= 0.3 is 5.97 Å². The lowest BCUT2D eigenvalue weighted by Crippen LogP contribution is -2.05. The Kier molecular flexibility index (Phi) is 2.67. The van der Waals surface area contributed by atoms with Crippen molar-refractivity contribution >= 4 is 27.5 Å². The van der Waals surface area contributed by atoms with Gasteiger partial charge in [-0.15, -0.1) is 0 Å². The Labute approximate surface area is 100 Å². The van der Waals surface area contributed by atoms with E-state index in [1.165, 1.54) is 0 Å². The molecular weight excluding hydrogens is 274 g/mol. The van der Waals surface area contributed by atoms with Gasteiger partial charge in [0.2, 0.25) is 0 Å². The monoisotopic (exact) mass is 283 g/mol. The minimum absolute atomic E-state index is 0.212. The quantitative estimate of drug-likeness (QED) is 0.916. The number of aromatic carboxylic acids is 1. The minimum Gasteiger partial charge on any atom is -0.477 e. The van der Waals surface area contributed by atoms with Crippen LogP contribution in [0.5, 0.6) is 0 Å². The first-order valence-electron chi connectivity index (χ1n) is 4.82. The Morgan fingerprint density at radius 3 is 2.81 bits per heavy atom. The van der Waals surface area contributed by atoms with E-state index in [4.69, 9.17) is 5.11 Å². The van der Waals surface area contributed by atoms with Crippen molar-refractivity contribution in [3.8, 4) is 0 Å². The molecule has 0 aliphatic carbocycles. The lowest BCUT2D eigenvalue weighted by atomic mass is 10.2. The molecule has 84 valence electrons. The van der Waals surface area contributed by atoms with Gasteiger partial charge in [-0.3, -0.25) is 4.40 Å². The van der Waals surface area contributed by atoms with Gasteiger partial charge in [-0.2, -0.15) is 0 Å². The van der Waals surface area contributed by atoms with E-state index < -0.39 is 5.97 Å². The van der Waals surface area contributed by atoms with Crippen molar-refractivity contribution in [3.05, 3.63) is 27.9 Å². The van der Waals surface area contributed by atoms with Crippen LogP contribution in [0.15, 0.2) is 10.8 Å². The lowest BCUT2D eigenvalue weighted by Gasteiger charge is -2.00. The topological polar surface area (TPSA) is 67.5 Å². The van der Waals surface area contributed by atoms with E-state index in [1.807, 2.05) is 6.92 Å². The maximum Gasteiger partial charge on any atom is 0.354 e. The molecule has 0 amide bonds. The van der Waals surface area contributed by atoms with Gasteiger partial charge in [0.25, 0.3) is 0 Å². The smallest absolute Gasteiger partial charge is 0.354 e. The van der Waals surface area contributed by atoms with Crippen molar-refractivity contribution < 1.29 is 9.90 Å². The standard InChI is InChI=1S/C10H10BrN3O2/c1-3-6-7(10(15)16)14-4-5(2)12-8(11)9(14)13-6/h4H,3H2,1-2H3,(H,15,16). The first kappa shape index (κ1) is 11.1. The zero-order valence-electron chi connectivity index (χ0n) is 8.86. The van der Waals surface area contributed by atoms with Crippen LogP contribution in [0.1, 0.15) is 28.8 Å². The van der Waals surface area contributed by atoms with Crippen LogP contribution in [0, 0.1) is 6.92 Å². The Morgan fingerprint density at radius 1 is 1.56 bits per heavy atom. The molecule has 0 radical (unpaired) electrons. The molecule has 0 aliphatic heterocycles. The molecule has 0 bridgehead atoms. The summed E-state index contributed by atoms with van der Waals surface area (Å²) in [7, 11) is 0. The molecule has 1 N–H and O–H groups in total. The molecule has 6 heteroatoms. The normalized spacial score (nSPS) is 10.9. The predicted octanol–water partition coefficient (Wildman–Crippen LogP) is 2.06. The summed E-state index contributed by atoms with van der Waals surface area (Å²) in [6.07, 6.45) is 2.25. The molecular formula is C10H10BrN3O2. The molecule has 2 rings (SSSR count). The number of rotatable bonds is 2. The predicted molar refractivity (Wildman–Crippen MR) is 61.8 cm³/mol. The second-order valence-electron chi connectivity index (χ2n) is 3.43. The summed E-state index contributed by atoms with van der Waals surface area (Å²) in [4.78, 5) is 19.6. The molecule has 0 atom stereocenters. The molecule has 0 unspecified atom stereocenters. The van der Waals surface area contributed by atoms with Crippen LogP contribution in [0.2, 0.25) is 0 Å². The molecule has 2 aromatic heterocycles. The highest BCUT2D eigenvalue weighted by atomic mass is 79.9. The van der Waals surface area contributed by atoms with Crippen molar-refractivity contribution in [2.45, 2.75) is 20.3 Å². The van der Waals surface area contributed by atoms with E-state index in [0.29, 0.717) is 22.4 Å². The number of carboxylic acids is 1. The summed E-state index contributed by atoms with van der Waals surface area (Å²) < 4.78 is 2.13. The summed E-state index contributed by atoms with van der Waals surface area (Å²) in [6, 6.07) is 0. The summed E-state index contributed by atoms with van der Waals surface area (Å²) in [5.41, 5.74) is 2.06. The number of hydrogen-bond donors (Lipinski definition) is 1. The summed E-state index contributed by atoms with van der Waals surface area (Å²) in [5, 5.41) is 9.17. The molecule has 0 saturated carbocycles. The highest BCUT2D eigenvalue weighted by molar-refractivity contribution is 9.10. The molecule has 5 nitrogen and oxygen atoms in total. The Bertz CT molecular complexity index is 577. The molecule has 0 aromatic carbocycles. The lowest BCUT2D eigenvalue weighted by molar-refractivity contribution is 0.0688. The number of hydrogen-bond acceptors (Lipinski definition) is 3. The number of carboxylic acid groups (broad SMARTS) is 1. The van der Waals surface area contributed by atoms with Crippen LogP contribution < -0.4 is 0 Å². The molecule has 0 spiro atoms. The van der Waals surface area contributed by atoms with E-state index in [0.717, 1.165) is 5.69 Å². The molecule has 2 aromatic rings. The third kappa shape index (κ3) is 1.59. The highest BCUT2D eigenvalue weighted by Crippen LogP contribution is 2.20. The first-order chi connectivity index (χ1) is 7.54. The number of imidazole rings is 1. The fraction of sp³-hybridized carbons (Fsp3) is 0.300. The van der Waals surface area contributed by atoms with Gasteiger partial charge in [0.05, 0.1) is 11.4 Å². The second-order valence-corrected chi connectivity index (χ2v) is 4.18. The van der Waals surface area contributed by atoms with Crippen LogP contribution in [0.25, 0.3) is 5.65 Å². The average molecular weight is 284 g/mol. The fourth-order valence-electron chi connectivity index (χ4n) is 1.64. The maximum absolute atomic E-state index is 11.2. The Morgan fingerprint density at radius 2 is 2.25 bits per heavy atom. The van der Waals surface area contributed by atoms with Crippen molar-refractivity contribution in [1.82, 2.24) is 14.4 Å². The van der Waals surface area contributed by atoms with Crippen LogP contribution in [0.3, 0.4) is 0 Å².